The van der Waals surface area contributed by atoms with Gasteiger partial charge in [0, 0.05) is 44.5 Å². The number of rotatable bonds is 3. The molecule has 2 aliphatic heterocycles. The van der Waals surface area contributed by atoms with E-state index in [1.807, 2.05) is 18.2 Å². The van der Waals surface area contributed by atoms with E-state index in [4.69, 9.17) is 9.47 Å². The Hall–Kier alpha value is -2.41. The van der Waals surface area contributed by atoms with E-state index in [-0.39, 0.29) is 6.79 Å². The SMILES string of the molecule is FC(F)(F)c1ccc(CN2CCCN(c3ccc4c(c3)OCO4)CC2)cc1. The average Bonchev–Trinajstić information content (AvgIpc) is 2.99. The van der Waals surface area contributed by atoms with Gasteiger partial charge in [-0.15, -0.1) is 0 Å². The first kappa shape index (κ1) is 18.0. The molecule has 0 aromatic heterocycles. The monoisotopic (exact) mass is 378 g/mol. The zero-order valence-electron chi connectivity index (χ0n) is 14.8. The van der Waals surface area contributed by atoms with E-state index in [1.165, 1.54) is 0 Å². The highest BCUT2D eigenvalue weighted by Gasteiger charge is 2.30. The minimum atomic E-state index is -4.29. The molecule has 0 unspecified atom stereocenters. The third kappa shape index (κ3) is 4.13. The van der Waals surface area contributed by atoms with Gasteiger partial charge in [-0.2, -0.15) is 13.2 Å². The molecule has 4 nitrogen and oxygen atoms in total. The lowest BCUT2D eigenvalue weighted by atomic mass is 10.1. The van der Waals surface area contributed by atoms with E-state index in [0.717, 1.165) is 67.5 Å². The van der Waals surface area contributed by atoms with E-state index in [0.29, 0.717) is 6.54 Å². The second kappa shape index (κ2) is 7.31. The van der Waals surface area contributed by atoms with E-state index >= 15 is 0 Å². The first-order chi connectivity index (χ1) is 13.0. The van der Waals surface area contributed by atoms with Gasteiger partial charge >= 0.3 is 6.18 Å². The molecule has 2 aromatic carbocycles. The Morgan fingerprint density at radius 3 is 2.41 bits per heavy atom. The highest BCUT2D eigenvalue weighted by molar-refractivity contribution is 5.57. The smallest absolute Gasteiger partial charge is 0.416 e. The summed E-state index contributed by atoms with van der Waals surface area (Å²) in [6, 6.07) is 11.4. The molecule has 4 rings (SSSR count). The van der Waals surface area contributed by atoms with Crippen LogP contribution in [0.1, 0.15) is 17.5 Å². The third-order valence-corrected chi connectivity index (χ3v) is 5.00. The molecule has 144 valence electrons. The molecule has 0 atom stereocenters. The van der Waals surface area contributed by atoms with Crippen LogP contribution in [0.3, 0.4) is 0 Å². The predicted molar refractivity (Wildman–Crippen MR) is 96.1 cm³/mol. The number of nitrogens with zero attached hydrogens (tertiary/aromatic N) is 2. The Morgan fingerprint density at radius 1 is 0.852 bits per heavy atom. The van der Waals surface area contributed by atoms with Crippen LogP contribution >= 0.6 is 0 Å². The molecule has 2 aliphatic rings. The summed E-state index contributed by atoms with van der Waals surface area (Å²) in [6.07, 6.45) is -3.29. The van der Waals surface area contributed by atoms with Crippen molar-refractivity contribution in [2.75, 3.05) is 37.9 Å². The van der Waals surface area contributed by atoms with Crippen LogP contribution in [-0.2, 0) is 12.7 Å². The number of hydrogen-bond donors (Lipinski definition) is 0. The van der Waals surface area contributed by atoms with Crippen LogP contribution < -0.4 is 14.4 Å². The highest BCUT2D eigenvalue weighted by atomic mass is 19.4. The van der Waals surface area contributed by atoms with Crippen LogP contribution in [0.15, 0.2) is 42.5 Å². The van der Waals surface area contributed by atoms with E-state index < -0.39 is 11.7 Å². The maximum Gasteiger partial charge on any atom is 0.416 e. The van der Waals surface area contributed by atoms with Gasteiger partial charge in [0.2, 0.25) is 6.79 Å². The molecule has 0 amide bonds. The van der Waals surface area contributed by atoms with Crippen molar-refractivity contribution in [2.45, 2.75) is 19.1 Å². The summed E-state index contributed by atoms with van der Waals surface area (Å²) in [4.78, 5) is 4.60. The predicted octanol–water partition coefficient (Wildman–Crippen LogP) is 4.15. The molecule has 0 aliphatic carbocycles. The third-order valence-electron chi connectivity index (χ3n) is 5.00. The zero-order chi connectivity index (χ0) is 18.9. The van der Waals surface area contributed by atoms with Crippen LogP contribution in [0.25, 0.3) is 0 Å². The number of hydrogen-bond acceptors (Lipinski definition) is 4. The number of fused-ring (bicyclic) bond motifs is 1. The first-order valence-corrected chi connectivity index (χ1v) is 9.02. The Balaban J connectivity index is 1.37. The number of benzene rings is 2. The number of alkyl halides is 3. The largest absolute Gasteiger partial charge is 0.454 e. The van der Waals surface area contributed by atoms with Gasteiger partial charge in [-0.3, -0.25) is 4.90 Å². The van der Waals surface area contributed by atoms with E-state index in [9.17, 15) is 13.2 Å². The van der Waals surface area contributed by atoms with Gasteiger partial charge < -0.3 is 14.4 Å². The summed E-state index contributed by atoms with van der Waals surface area (Å²) in [6.45, 7) is 4.49. The van der Waals surface area contributed by atoms with Crippen molar-refractivity contribution in [1.82, 2.24) is 4.90 Å². The molecule has 2 heterocycles. The molecule has 2 aromatic rings. The Bertz CT molecular complexity index is 793. The molecule has 0 radical (unpaired) electrons. The Kier molecular flexibility index (Phi) is 4.86. The lowest BCUT2D eigenvalue weighted by molar-refractivity contribution is -0.137. The topological polar surface area (TPSA) is 24.9 Å². The normalized spacial score (nSPS) is 17.8. The Morgan fingerprint density at radius 2 is 1.63 bits per heavy atom. The van der Waals surface area contributed by atoms with Crippen LogP contribution in [0.2, 0.25) is 0 Å². The second-order valence-corrected chi connectivity index (χ2v) is 6.85. The van der Waals surface area contributed by atoms with Gasteiger partial charge in [0.1, 0.15) is 0 Å². The molecule has 1 fully saturated rings. The summed E-state index contributed by atoms with van der Waals surface area (Å²) in [5.41, 5.74) is 1.41. The fourth-order valence-corrected chi connectivity index (χ4v) is 3.53. The molecular weight excluding hydrogens is 357 g/mol. The summed E-state index contributed by atoms with van der Waals surface area (Å²) in [5, 5.41) is 0. The summed E-state index contributed by atoms with van der Waals surface area (Å²) < 4.78 is 48.9. The molecule has 1 saturated heterocycles. The summed E-state index contributed by atoms with van der Waals surface area (Å²) >= 11 is 0. The fraction of sp³-hybridized carbons (Fsp3) is 0.400. The van der Waals surface area contributed by atoms with Crippen molar-refractivity contribution in [1.29, 1.82) is 0 Å². The van der Waals surface area contributed by atoms with Crippen LogP contribution in [0.4, 0.5) is 18.9 Å². The van der Waals surface area contributed by atoms with Crippen molar-refractivity contribution in [2.24, 2.45) is 0 Å². The fourth-order valence-electron chi connectivity index (χ4n) is 3.53. The maximum atomic E-state index is 12.7. The lowest BCUT2D eigenvalue weighted by Gasteiger charge is -2.24. The second-order valence-electron chi connectivity index (χ2n) is 6.85. The number of anilines is 1. The van der Waals surface area contributed by atoms with Gasteiger partial charge in [0.25, 0.3) is 0 Å². The molecule has 27 heavy (non-hydrogen) atoms. The quantitative estimate of drug-likeness (QED) is 0.801. The molecule has 7 heteroatoms. The number of ether oxygens (including phenoxy) is 2. The lowest BCUT2D eigenvalue weighted by Crippen LogP contribution is -2.30. The highest BCUT2D eigenvalue weighted by Crippen LogP contribution is 2.35. The van der Waals surface area contributed by atoms with E-state index in [2.05, 4.69) is 9.80 Å². The Labute approximate surface area is 156 Å². The minimum absolute atomic E-state index is 0.264. The summed E-state index contributed by atoms with van der Waals surface area (Å²) in [5.74, 6) is 1.55. The van der Waals surface area contributed by atoms with Gasteiger partial charge in [0.15, 0.2) is 11.5 Å². The van der Waals surface area contributed by atoms with Gasteiger partial charge in [0.05, 0.1) is 5.56 Å². The molecule has 0 bridgehead atoms. The molecular formula is C20H21F3N2O2. The van der Waals surface area contributed by atoms with Gasteiger partial charge in [-0.05, 0) is 36.2 Å². The van der Waals surface area contributed by atoms with Crippen LogP contribution in [-0.4, -0.2) is 37.9 Å². The van der Waals surface area contributed by atoms with Crippen molar-refractivity contribution in [3.63, 3.8) is 0 Å². The molecule has 0 spiro atoms. The van der Waals surface area contributed by atoms with E-state index in [1.54, 1.807) is 12.1 Å². The van der Waals surface area contributed by atoms with Crippen molar-refractivity contribution < 1.29 is 22.6 Å². The standard InChI is InChI=1S/C20H21F3N2O2/c21-20(22,23)16-4-2-15(3-5-16)13-24-8-1-9-25(11-10-24)17-6-7-18-19(12-17)27-14-26-18/h2-7,12H,1,8-11,13-14H2. The molecule has 0 saturated carbocycles. The maximum absolute atomic E-state index is 12.7. The average molecular weight is 378 g/mol. The van der Waals surface area contributed by atoms with Crippen molar-refractivity contribution >= 4 is 5.69 Å². The van der Waals surface area contributed by atoms with Crippen molar-refractivity contribution in [3.05, 3.63) is 53.6 Å². The molecule has 0 N–H and O–H groups in total. The van der Waals surface area contributed by atoms with Crippen LogP contribution in [0, 0.1) is 0 Å². The van der Waals surface area contributed by atoms with Crippen molar-refractivity contribution in [3.8, 4) is 11.5 Å². The first-order valence-electron chi connectivity index (χ1n) is 9.02. The number of halogens is 3. The van der Waals surface area contributed by atoms with Crippen LogP contribution in [0.5, 0.6) is 11.5 Å². The minimum Gasteiger partial charge on any atom is -0.454 e. The zero-order valence-corrected chi connectivity index (χ0v) is 14.8. The summed E-state index contributed by atoms with van der Waals surface area (Å²) in [7, 11) is 0. The van der Waals surface area contributed by atoms with Gasteiger partial charge in [-0.25, -0.2) is 0 Å². The van der Waals surface area contributed by atoms with Gasteiger partial charge in [-0.1, -0.05) is 12.1 Å².